The maximum Gasteiger partial charge on any atom is 0.411 e. The molecule has 2 rings (SSSR count). The van der Waals surface area contributed by atoms with E-state index >= 15 is 0 Å². The zero-order valence-electron chi connectivity index (χ0n) is 15.2. The maximum atomic E-state index is 11.8. The number of ether oxygens (including phenoxy) is 1. The first-order chi connectivity index (χ1) is 11.9. The summed E-state index contributed by atoms with van der Waals surface area (Å²) in [7, 11) is 0. The first-order valence-corrected chi connectivity index (χ1v) is 9.49. The Kier molecular flexibility index (Phi) is 6.87. The van der Waals surface area contributed by atoms with Crippen molar-refractivity contribution in [3.63, 3.8) is 0 Å². The first-order valence-electron chi connectivity index (χ1n) is 8.51. The van der Waals surface area contributed by atoms with Crippen LogP contribution >= 0.6 is 11.8 Å². The molecule has 1 saturated heterocycles. The molecule has 0 aromatic heterocycles. The standard InChI is InChI=1S/C18H25N3O3S/c1-5-25-17(20-21-10-6-7-16(21)22)14-8-9-15(13(4)11-14)19-18(23)24-12(2)3/h8-9,11-12H,5-7,10H2,1-4H3,(H,19,23)/b20-17-. The summed E-state index contributed by atoms with van der Waals surface area (Å²) in [6, 6.07) is 5.71. The van der Waals surface area contributed by atoms with E-state index < -0.39 is 6.09 Å². The molecule has 136 valence electrons. The molecule has 7 heteroatoms. The Morgan fingerprint density at radius 3 is 2.76 bits per heavy atom. The average Bonchev–Trinajstić information content (AvgIpc) is 2.93. The van der Waals surface area contributed by atoms with Gasteiger partial charge < -0.3 is 4.74 Å². The molecule has 1 fully saturated rings. The van der Waals surface area contributed by atoms with Gasteiger partial charge in [-0.2, -0.15) is 5.10 Å². The fourth-order valence-corrected chi connectivity index (χ4v) is 3.17. The van der Waals surface area contributed by atoms with Crippen molar-refractivity contribution in [3.8, 4) is 0 Å². The van der Waals surface area contributed by atoms with Gasteiger partial charge in [-0.3, -0.25) is 10.1 Å². The molecule has 1 heterocycles. The highest BCUT2D eigenvalue weighted by Gasteiger charge is 2.21. The third kappa shape index (κ3) is 5.49. The monoisotopic (exact) mass is 363 g/mol. The van der Waals surface area contributed by atoms with Crippen LogP contribution in [0.2, 0.25) is 0 Å². The molecule has 2 amide bonds. The van der Waals surface area contributed by atoms with Crippen LogP contribution in [0.15, 0.2) is 23.3 Å². The van der Waals surface area contributed by atoms with E-state index in [9.17, 15) is 9.59 Å². The van der Waals surface area contributed by atoms with Crippen LogP contribution in [-0.4, -0.2) is 40.5 Å². The molecular formula is C18H25N3O3S. The lowest BCUT2D eigenvalue weighted by Gasteiger charge is -2.15. The highest BCUT2D eigenvalue weighted by Crippen LogP contribution is 2.23. The summed E-state index contributed by atoms with van der Waals surface area (Å²) in [5.74, 6) is 0.932. The SMILES string of the molecule is CCS/C(=N\N1CCCC1=O)c1ccc(NC(=O)OC(C)C)c(C)c1. The van der Waals surface area contributed by atoms with Crippen molar-refractivity contribution in [2.75, 3.05) is 17.6 Å². The van der Waals surface area contributed by atoms with Crippen molar-refractivity contribution in [1.29, 1.82) is 0 Å². The zero-order valence-corrected chi connectivity index (χ0v) is 16.0. The molecule has 0 spiro atoms. The molecule has 1 aliphatic rings. The molecule has 25 heavy (non-hydrogen) atoms. The lowest BCUT2D eigenvalue weighted by atomic mass is 10.1. The van der Waals surface area contributed by atoms with Crippen LogP contribution in [0, 0.1) is 6.92 Å². The molecule has 1 aromatic carbocycles. The number of rotatable bonds is 5. The molecule has 1 N–H and O–H groups in total. The number of carbonyl (C=O) groups is 2. The number of hydrogen-bond acceptors (Lipinski definition) is 5. The van der Waals surface area contributed by atoms with Gasteiger partial charge in [0.2, 0.25) is 5.91 Å². The van der Waals surface area contributed by atoms with Gasteiger partial charge in [0, 0.05) is 24.2 Å². The van der Waals surface area contributed by atoms with Gasteiger partial charge in [0.25, 0.3) is 0 Å². The van der Waals surface area contributed by atoms with Crippen molar-refractivity contribution < 1.29 is 14.3 Å². The van der Waals surface area contributed by atoms with Crippen LogP contribution in [0.25, 0.3) is 0 Å². The molecule has 0 saturated carbocycles. The van der Waals surface area contributed by atoms with Gasteiger partial charge in [0.05, 0.1) is 6.10 Å². The van der Waals surface area contributed by atoms with Gasteiger partial charge in [-0.15, -0.1) is 11.8 Å². The minimum Gasteiger partial charge on any atom is -0.447 e. The second kappa shape index (κ2) is 8.89. The number of anilines is 1. The Labute approximate surface area is 153 Å². The summed E-state index contributed by atoms with van der Waals surface area (Å²) in [4.78, 5) is 23.6. The van der Waals surface area contributed by atoms with E-state index in [1.165, 1.54) is 0 Å². The van der Waals surface area contributed by atoms with Crippen molar-refractivity contribution in [2.45, 2.75) is 46.6 Å². The number of thioether (sulfide) groups is 1. The van der Waals surface area contributed by atoms with Gasteiger partial charge in [-0.25, -0.2) is 9.80 Å². The number of nitrogens with one attached hydrogen (secondary N) is 1. The number of hydrogen-bond donors (Lipinski definition) is 1. The summed E-state index contributed by atoms with van der Waals surface area (Å²) in [6.45, 7) is 8.26. The predicted octanol–water partition coefficient (Wildman–Crippen LogP) is 3.99. The van der Waals surface area contributed by atoms with Crippen molar-refractivity contribution in [2.24, 2.45) is 5.10 Å². The smallest absolute Gasteiger partial charge is 0.411 e. The second-order valence-electron chi connectivity index (χ2n) is 6.07. The fraction of sp³-hybridized carbons (Fsp3) is 0.500. The van der Waals surface area contributed by atoms with Gasteiger partial charge >= 0.3 is 6.09 Å². The largest absolute Gasteiger partial charge is 0.447 e. The Bertz CT molecular complexity index is 674. The maximum absolute atomic E-state index is 11.8. The predicted molar refractivity (Wildman–Crippen MR) is 102 cm³/mol. The minimum absolute atomic E-state index is 0.0700. The van der Waals surface area contributed by atoms with E-state index in [1.807, 2.05) is 25.1 Å². The van der Waals surface area contributed by atoms with Crippen LogP contribution in [0.5, 0.6) is 0 Å². The molecule has 0 aliphatic carbocycles. The molecule has 1 aromatic rings. The summed E-state index contributed by atoms with van der Waals surface area (Å²) in [5.41, 5.74) is 2.55. The van der Waals surface area contributed by atoms with Crippen LogP contribution in [0.1, 0.15) is 44.7 Å². The topological polar surface area (TPSA) is 71.0 Å². The van der Waals surface area contributed by atoms with E-state index in [0.717, 1.165) is 28.3 Å². The van der Waals surface area contributed by atoms with E-state index in [2.05, 4.69) is 17.3 Å². The molecule has 0 bridgehead atoms. The highest BCUT2D eigenvalue weighted by atomic mass is 32.2. The van der Waals surface area contributed by atoms with Crippen LogP contribution in [0.4, 0.5) is 10.5 Å². The summed E-state index contributed by atoms with van der Waals surface area (Å²) >= 11 is 1.60. The zero-order chi connectivity index (χ0) is 18.4. The van der Waals surface area contributed by atoms with Gasteiger partial charge in [-0.1, -0.05) is 13.0 Å². The first kappa shape index (κ1) is 19.3. The van der Waals surface area contributed by atoms with E-state index in [1.54, 1.807) is 30.6 Å². The van der Waals surface area contributed by atoms with Gasteiger partial charge in [0.1, 0.15) is 5.04 Å². The second-order valence-corrected chi connectivity index (χ2v) is 7.32. The Morgan fingerprint density at radius 2 is 2.20 bits per heavy atom. The number of nitrogens with zero attached hydrogens (tertiary/aromatic N) is 2. The average molecular weight is 363 g/mol. The van der Waals surface area contributed by atoms with Gasteiger partial charge in [0.15, 0.2) is 0 Å². The van der Waals surface area contributed by atoms with Gasteiger partial charge in [-0.05, 0) is 50.6 Å². The number of hydrazone groups is 1. The van der Waals surface area contributed by atoms with Crippen LogP contribution in [0.3, 0.4) is 0 Å². The molecule has 6 nitrogen and oxygen atoms in total. The summed E-state index contributed by atoms with van der Waals surface area (Å²) in [5, 5.41) is 9.66. The minimum atomic E-state index is -0.467. The molecule has 0 unspecified atom stereocenters. The van der Waals surface area contributed by atoms with E-state index in [-0.39, 0.29) is 12.0 Å². The number of aryl methyl sites for hydroxylation is 1. The molecule has 0 radical (unpaired) electrons. The van der Waals surface area contributed by atoms with Crippen molar-refractivity contribution >= 4 is 34.5 Å². The lowest BCUT2D eigenvalue weighted by molar-refractivity contribution is -0.127. The highest BCUT2D eigenvalue weighted by molar-refractivity contribution is 8.14. The third-order valence-electron chi connectivity index (χ3n) is 3.59. The summed E-state index contributed by atoms with van der Waals surface area (Å²) < 4.78 is 5.10. The molecular weight excluding hydrogens is 338 g/mol. The quantitative estimate of drug-likeness (QED) is 0.634. The Hall–Kier alpha value is -2.02. The molecule has 0 atom stereocenters. The summed E-state index contributed by atoms with van der Waals surface area (Å²) in [6.07, 6.45) is 0.780. The normalized spacial score (nSPS) is 15.0. The Balaban J connectivity index is 2.19. The lowest BCUT2D eigenvalue weighted by Crippen LogP contribution is -2.20. The number of carbonyl (C=O) groups excluding carboxylic acids is 2. The third-order valence-corrected chi connectivity index (χ3v) is 4.47. The van der Waals surface area contributed by atoms with Crippen LogP contribution < -0.4 is 5.32 Å². The fourth-order valence-electron chi connectivity index (χ4n) is 2.45. The number of amides is 2. The van der Waals surface area contributed by atoms with E-state index in [0.29, 0.717) is 18.7 Å². The van der Waals surface area contributed by atoms with Crippen LogP contribution in [-0.2, 0) is 9.53 Å². The number of benzene rings is 1. The van der Waals surface area contributed by atoms with E-state index in [4.69, 9.17) is 4.74 Å². The molecule has 1 aliphatic heterocycles. The van der Waals surface area contributed by atoms with Crippen molar-refractivity contribution in [1.82, 2.24) is 5.01 Å². The Morgan fingerprint density at radius 1 is 1.44 bits per heavy atom. The van der Waals surface area contributed by atoms with Crippen molar-refractivity contribution in [3.05, 3.63) is 29.3 Å².